The number of carboxylic acids is 1. The quantitative estimate of drug-likeness (QED) is 0.398. The molecule has 5 heteroatoms. The fraction of sp³-hybridized carbons (Fsp3) is 0.789. The molecule has 0 radical (unpaired) electrons. The maximum absolute atomic E-state index is 12.0. The largest absolute Gasteiger partial charge is 0.481 e. The Balaban J connectivity index is 2.27. The van der Waals surface area contributed by atoms with E-state index < -0.39 is 5.97 Å². The van der Waals surface area contributed by atoms with Crippen molar-refractivity contribution in [3.8, 4) is 0 Å². The molecule has 1 rings (SSSR count). The number of carbonyl (C=O) groups is 2. The van der Waals surface area contributed by atoms with Gasteiger partial charge in [0.15, 0.2) is 5.78 Å². The minimum atomic E-state index is -0.766. The maximum Gasteiger partial charge on any atom is 0.303 e. The molecule has 0 unspecified atom stereocenters. The lowest BCUT2D eigenvalue weighted by Crippen LogP contribution is -2.34. The van der Waals surface area contributed by atoms with Gasteiger partial charge in [-0.25, -0.2) is 0 Å². The van der Waals surface area contributed by atoms with Crippen LogP contribution in [-0.4, -0.2) is 52.1 Å². The monoisotopic (exact) mass is 339 g/mol. The van der Waals surface area contributed by atoms with E-state index in [2.05, 4.69) is 11.8 Å². The average molecular weight is 339 g/mol. The van der Waals surface area contributed by atoms with Crippen LogP contribution in [0.4, 0.5) is 0 Å². The van der Waals surface area contributed by atoms with E-state index in [0.29, 0.717) is 19.3 Å². The van der Waals surface area contributed by atoms with Crippen molar-refractivity contribution in [1.82, 2.24) is 4.90 Å². The van der Waals surface area contributed by atoms with Gasteiger partial charge in [-0.05, 0) is 32.1 Å². The summed E-state index contributed by atoms with van der Waals surface area (Å²) in [5.74, 6) is -0.483. The van der Waals surface area contributed by atoms with Crippen LogP contribution in [0, 0.1) is 0 Å². The Hall–Kier alpha value is -1.20. The molecule has 0 aliphatic carbocycles. The van der Waals surface area contributed by atoms with Crippen LogP contribution in [-0.2, 0) is 9.59 Å². The highest BCUT2D eigenvalue weighted by atomic mass is 16.4. The predicted octanol–water partition coefficient (Wildman–Crippen LogP) is 3.16. The molecule has 5 nitrogen and oxygen atoms in total. The Morgan fingerprint density at radius 2 is 2.08 bits per heavy atom. The molecule has 2 atom stereocenters. The average Bonchev–Trinajstić information content (AvgIpc) is 2.89. The fourth-order valence-corrected chi connectivity index (χ4v) is 3.13. The van der Waals surface area contributed by atoms with Gasteiger partial charge < -0.3 is 10.2 Å². The Bertz CT molecular complexity index is 408. The van der Waals surface area contributed by atoms with Crippen molar-refractivity contribution in [1.29, 1.82) is 0 Å². The molecule has 0 aromatic rings. The predicted molar refractivity (Wildman–Crippen MR) is 95.0 cm³/mol. The molecule has 2 N–H and O–H groups in total. The molecule has 0 aromatic heterocycles. The molecule has 1 fully saturated rings. The molecule has 1 aliphatic rings. The molecule has 138 valence electrons. The van der Waals surface area contributed by atoms with Gasteiger partial charge in [0.2, 0.25) is 0 Å². The Kier molecular flexibility index (Phi) is 10.6. The summed E-state index contributed by atoms with van der Waals surface area (Å²) in [5.41, 5.74) is 0. The van der Waals surface area contributed by atoms with Crippen LogP contribution in [0.2, 0.25) is 0 Å². The Morgan fingerprint density at radius 3 is 2.79 bits per heavy atom. The van der Waals surface area contributed by atoms with Gasteiger partial charge in [0.1, 0.15) is 0 Å². The van der Waals surface area contributed by atoms with E-state index in [0.717, 1.165) is 51.6 Å². The zero-order valence-corrected chi connectivity index (χ0v) is 15.0. The topological polar surface area (TPSA) is 77.8 Å². The van der Waals surface area contributed by atoms with E-state index in [1.165, 1.54) is 0 Å². The highest BCUT2D eigenvalue weighted by molar-refractivity contribution is 5.86. The maximum atomic E-state index is 12.0. The molecule has 1 saturated heterocycles. The number of allylic oxidation sites excluding steroid dienone is 1. The first-order valence-corrected chi connectivity index (χ1v) is 9.36. The summed E-state index contributed by atoms with van der Waals surface area (Å²) in [7, 11) is 0. The van der Waals surface area contributed by atoms with E-state index in [9.17, 15) is 14.7 Å². The molecular weight excluding hydrogens is 306 g/mol. The Labute approximate surface area is 145 Å². The van der Waals surface area contributed by atoms with Crippen LogP contribution in [0.1, 0.15) is 71.1 Å². The van der Waals surface area contributed by atoms with Gasteiger partial charge in [0.05, 0.1) is 12.1 Å². The second-order valence-corrected chi connectivity index (χ2v) is 6.70. The number of aliphatic hydroxyl groups excluding tert-OH is 1. The number of likely N-dealkylation sites (tertiary alicyclic amines) is 1. The standard InChI is InChI=1S/C19H33NO4/c1-2-3-6-9-16(21)12-14-20-15-13-18(22)17(20)10-7-4-5-8-11-19(23)24/h4,7,16-17,21H,2-3,5-6,8-15H2,1H3,(H,23,24)/t16-,17+/m1/s1. The van der Waals surface area contributed by atoms with Gasteiger partial charge in [0, 0.05) is 25.9 Å². The number of hydrogen-bond acceptors (Lipinski definition) is 4. The molecule has 1 aliphatic heterocycles. The summed E-state index contributed by atoms with van der Waals surface area (Å²) in [6.07, 6.45) is 11.5. The van der Waals surface area contributed by atoms with Crippen LogP contribution in [0.3, 0.4) is 0 Å². The minimum Gasteiger partial charge on any atom is -0.481 e. The molecular formula is C19H33NO4. The molecule has 0 amide bonds. The highest BCUT2D eigenvalue weighted by Crippen LogP contribution is 2.19. The first kappa shape index (κ1) is 20.8. The van der Waals surface area contributed by atoms with E-state index in [4.69, 9.17) is 5.11 Å². The number of ketones is 1. The van der Waals surface area contributed by atoms with Gasteiger partial charge in [-0.2, -0.15) is 0 Å². The summed E-state index contributed by atoms with van der Waals surface area (Å²) in [6.45, 7) is 3.72. The van der Waals surface area contributed by atoms with Crippen molar-refractivity contribution in [2.75, 3.05) is 13.1 Å². The first-order chi connectivity index (χ1) is 11.5. The normalized spacial score (nSPS) is 20.1. The number of unbranched alkanes of at least 4 members (excludes halogenated alkanes) is 3. The zero-order chi connectivity index (χ0) is 17.8. The number of rotatable bonds is 13. The van der Waals surface area contributed by atoms with Crippen molar-refractivity contribution in [3.05, 3.63) is 12.2 Å². The zero-order valence-electron chi connectivity index (χ0n) is 15.0. The number of aliphatic hydroxyl groups is 1. The number of Topliss-reactive ketones (excluding diaryl/α,β-unsaturated/α-hetero) is 1. The van der Waals surface area contributed by atoms with Crippen LogP contribution in [0.25, 0.3) is 0 Å². The van der Waals surface area contributed by atoms with Crippen molar-refractivity contribution in [3.63, 3.8) is 0 Å². The van der Waals surface area contributed by atoms with Crippen LogP contribution >= 0.6 is 0 Å². The summed E-state index contributed by atoms with van der Waals surface area (Å²) in [6, 6.07) is -0.0661. The smallest absolute Gasteiger partial charge is 0.303 e. The van der Waals surface area contributed by atoms with Crippen molar-refractivity contribution in [2.45, 2.75) is 83.3 Å². The summed E-state index contributed by atoms with van der Waals surface area (Å²) in [4.78, 5) is 24.7. The van der Waals surface area contributed by atoms with Crippen molar-refractivity contribution in [2.24, 2.45) is 0 Å². The summed E-state index contributed by atoms with van der Waals surface area (Å²) in [5, 5.41) is 18.6. The second kappa shape index (κ2) is 12.2. The van der Waals surface area contributed by atoms with Crippen molar-refractivity contribution < 1.29 is 19.8 Å². The second-order valence-electron chi connectivity index (χ2n) is 6.70. The third-order valence-electron chi connectivity index (χ3n) is 4.64. The van der Waals surface area contributed by atoms with Crippen molar-refractivity contribution >= 4 is 11.8 Å². The molecule has 24 heavy (non-hydrogen) atoms. The van der Waals surface area contributed by atoms with E-state index in [1.54, 1.807) is 0 Å². The van der Waals surface area contributed by atoms with E-state index in [1.807, 2.05) is 12.2 Å². The summed E-state index contributed by atoms with van der Waals surface area (Å²) < 4.78 is 0. The molecule has 0 spiro atoms. The van der Waals surface area contributed by atoms with Gasteiger partial charge in [-0.15, -0.1) is 0 Å². The van der Waals surface area contributed by atoms with Gasteiger partial charge >= 0.3 is 5.97 Å². The van der Waals surface area contributed by atoms with Crippen LogP contribution in [0.15, 0.2) is 12.2 Å². The number of hydrogen-bond donors (Lipinski definition) is 2. The lowest BCUT2D eigenvalue weighted by atomic mass is 10.1. The van der Waals surface area contributed by atoms with Crippen LogP contribution < -0.4 is 0 Å². The van der Waals surface area contributed by atoms with Crippen LogP contribution in [0.5, 0.6) is 0 Å². The van der Waals surface area contributed by atoms with E-state index >= 15 is 0 Å². The molecule has 0 aromatic carbocycles. The number of aliphatic carboxylic acids is 1. The number of carbonyl (C=O) groups excluding carboxylic acids is 1. The Morgan fingerprint density at radius 1 is 1.29 bits per heavy atom. The molecule has 0 saturated carbocycles. The lowest BCUT2D eigenvalue weighted by Gasteiger charge is -2.23. The molecule has 0 bridgehead atoms. The van der Waals surface area contributed by atoms with Gasteiger partial charge in [-0.1, -0.05) is 38.3 Å². The first-order valence-electron chi connectivity index (χ1n) is 9.36. The van der Waals surface area contributed by atoms with E-state index in [-0.39, 0.29) is 24.3 Å². The number of carboxylic acid groups (broad SMARTS) is 1. The number of nitrogens with zero attached hydrogens (tertiary/aromatic N) is 1. The third-order valence-corrected chi connectivity index (χ3v) is 4.64. The fourth-order valence-electron chi connectivity index (χ4n) is 3.13. The third kappa shape index (κ3) is 8.60. The SMILES string of the molecule is CCCCC[C@@H](O)CCN1CCC(=O)[C@@H]1CC=CCCCC(=O)O. The minimum absolute atomic E-state index is 0.0661. The van der Waals surface area contributed by atoms with Gasteiger partial charge in [-0.3, -0.25) is 14.5 Å². The molecule has 1 heterocycles. The lowest BCUT2D eigenvalue weighted by molar-refractivity contribution is -0.137. The summed E-state index contributed by atoms with van der Waals surface area (Å²) >= 11 is 0. The van der Waals surface area contributed by atoms with Gasteiger partial charge in [0.25, 0.3) is 0 Å². The highest BCUT2D eigenvalue weighted by Gasteiger charge is 2.31.